The van der Waals surface area contributed by atoms with E-state index in [0.717, 1.165) is 31.9 Å². The number of rotatable bonds is 4. The zero-order valence-corrected chi connectivity index (χ0v) is 13.3. The van der Waals surface area contributed by atoms with Gasteiger partial charge >= 0.3 is 0 Å². The minimum atomic E-state index is 0.0366. The highest BCUT2D eigenvalue weighted by Gasteiger charge is 2.11. The molecule has 0 fully saturated rings. The highest BCUT2D eigenvalue weighted by atomic mass is 32.1. The van der Waals surface area contributed by atoms with Crippen molar-refractivity contribution in [3.05, 3.63) is 47.6 Å². The highest BCUT2D eigenvalue weighted by molar-refractivity contribution is 7.15. The molecular weight excluding hydrogens is 324 g/mol. The number of aromatic amines is 1. The fraction of sp³-hybridized carbons (Fsp3) is 0.0625. The summed E-state index contributed by atoms with van der Waals surface area (Å²) in [5.74, 6) is 0.842. The van der Waals surface area contributed by atoms with E-state index in [-0.39, 0.29) is 12.6 Å². The van der Waals surface area contributed by atoms with Crippen LogP contribution in [0.25, 0.3) is 21.3 Å². The molecule has 1 aromatic carbocycles. The number of aliphatic hydroxyl groups excluding tert-OH is 1. The lowest BCUT2D eigenvalue weighted by Gasteiger charge is -2.09. The number of benzene rings is 1. The summed E-state index contributed by atoms with van der Waals surface area (Å²) in [5.41, 5.74) is 8.46. The average Bonchev–Trinajstić information content (AvgIpc) is 3.23. The molecule has 0 aliphatic rings. The number of H-pyrrole nitrogens is 1. The van der Waals surface area contributed by atoms with Gasteiger partial charge in [-0.05, 0) is 30.3 Å². The Hall–Kier alpha value is -2.97. The van der Waals surface area contributed by atoms with Gasteiger partial charge in [0.1, 0.15) is 5.82 Å². The van der Waals surface area contributed by atoms with Crippen LogP contribution in [-0.2, 0) is 6.61 Å². The lowest BCUT2D eigenvalue weighted by Crippen LogP contribution is -1.99. The predicted molar refractivity (Wildman–Crippen MR) is 95.1 cm³/mol. The van der Waals surface area contributed by atoms with Gasteiger partial charge < -0.3 is 16.2 Å². The van der Waals surface area contributed by atoms with Crippen molar-refractivity contribution in [1.29, 1.82) is 0 Å². The molecule has 3 heterocycles. The Morgan fingerprint density at radius 1 is 1.25 bits per heavy atom. The number of nitrogen functional groups attached to an aromatic ring is 1. The normalized spacial score (nSPS) is 11.0. The number of aliphatic hydroxyl groups is 1. The van der Waals surface area contributed by atoms with Gasteiger partial charge in [0.15, 0.2) is 0 Å². The number of thiophene rings is 1. The lowest BCUT2D eigenvalue weighted by atomic mass is 10.1. The monoisotopic (exact) mass is 338 g/mol. The first-order valence-corrected chi connectivity index (χ1v) is 8.07. The largest absolute Gasteiger partial charge is 0.391 e. The third-order valence-corrected chi connectivity index (χ3v) is 4.68. The van der Waals surface area contributed by atoms with Crippen molar-refractivity contribution in [3.63, 3.8) is 0 Å². The second-order valence-corrected chi connectivity index (χ2v) is 6.38. The molecule has 0 unspecified atom stereocenters. The van der Waals surface area contributed by atoms with Crippen molar-refractivity contribution in [1.82, 2.24) is 20.2 Å². The van der Waals surface area contributed by atoms with Gasteiger partial charge in [0.25, 0.3) is 0 Å². The molecule has 120 valence electrons. The maximum absolute atomic E-state index is 9.30. The number of nitrogens with one attached hydrogen (secondary N) is 2. The summed E-state index contributed by atoms with van der Waals surface area (Å²) < 4.78 is 0. The predicted octanol–water partition coefficient (Wildman–Crippen LogP) is 2.90. The molecule has 0 saturated carbocycles. The molecule has 0 atom stereocenters. The molecular formula is C16H14N6OS. The van der Waals surface area contributed by atoms with Crippen molar-refractivity contribution in [3.8, 4) is 10.4 Å². The number of fused-ring (bicyclic) bond motifs is 1. The Morgan fingerprint density at radius 2 is 2.17 bits per heavy atom. The minimum Gasteiger partial charge on any atom is -0.391 e. The quantitative estimate of drug-likeness (QED) is 0.455. The molecule has 5 N–H and O–H groups in total. The highest BCUT2D eigenvalue weighted by Crippen LogP contribution is 2.35. The summed E-state index contributed by atoms with van der Waals surface area (Å²) in [6, 6.07) is 9.68. The summed E-state index contributed by atoms with van der Waals surface area (Å²) in [6.07, 6.45) is 3.38. The molecule has 0 radical (unpaired) electrons. The summed E-state index contributed by atoms with van der Waals surface area (Å²) >= 11 is 1.55. The van der Waals surface area contributed by atoms with Gasteiger partial charge in [-0.25, -0.2) is 4.98 Å². The zero-order valence-electron chi connectivity index (χ0n) is 12.5. The molecule has 0 aliphatic heterocycles. The van der Waals surface area contributed by atoms with Crippen LogP contribution in [0.2, 0.25) is 0 Å². The first-order valence-electron chi connectivity index (χ1n) is 7.25. The SMILES string of the molecule is Nc1nccc(Nc2cc(-c3ccc(CO)s3)c3[nH]ncc3c2)n1. The maximum atomic E-state index is 9.30. The van der Waals surface area contributed by atoms with Crippen LogP contribution in [0.3, 0.4) is 0 Å². The summed E-state index contributed by atoms with van der Waals surface area (Å²) in [6.45, 7) is 0.0366. The van der Waals surface area contributed by atoms with Gasteiger partial charge in [-0.15, -0.1) is 11.3 Å². The van der Waals surface area contributed by atoms with Crippen molar-refractivity contribution >= 4 is 39.7 Å². The lowest BCUT2D eigenvalue weighted by molar-refractivity contribution is 0.285. The Labute approximate surface area is 141 Å². The van der Waals surface area contributed by atoms with E-state index >= 15 is 0 Å². The smallest absolute Gasteiger partial charge is 0.221 e. The summed E-state index contributed by atoms with van der Waals surface area (Å²) in [5, 5.41) is 20.7. The van der Waals surface area contributed by atoms with E-state index in [2.05, 4.69) is 25.5 Å². The second-order valence-electron chi connectivity index (χ2n) is 5.21. The third-order valence-electron chi connectivity index (χ3n) is 3.58. The van der Waals surface area contributed by atoms with Crippen LogP contribution in [0.15, 0.2) is 42.7 Å². The molecule has 0 saturated heterocycles. The summed E-state index contributed by atoms with van der Waals surface area (Å²) in [4.78, 5) is 10.0. The Kier molecular flexibility index (Phi) is 3.60. The summed E-state index contributed by atoms with van der Waals surface area (Å²) in [7, 11) is 0. The molecule has 0 aliphatic carbocycles. The first-order chi connectivity index (χ1) is 11.7. The van der Waals surface area contributed by atoms with Gasteiger partial charge in [0.2, 0.25) is 5.95 Å². The van der Waals surface area contributed by atoms with Crippen molar-refractivity contribution in [2.24, 2.45) is 0 Å². The Bertz CT molecular complexity index is 1010. The molecule has 0 bridgehead atoms. The van der Waals surface area contributed by atoms with E-state index in [4.69, 9.17) is 5.73 Å². The average molecular weight is 338 g/mol. The first kappa shape index (κ1) is 14.6. The molecule has 0 spiro atoms. The van der Waals surface area contributed by atoms with Crippen LogP contribution in [0.4, 0.5) is 17.5 Å². The van der Waals surface area contributed by atoms with E-state index < -0.39 is 0 Å². The zero-order chi connectivity index (χ0) is 16.5. The number of hydrogen-bond donors (Lipinski definition) is 4. The Balaban J connectivity index is 1.80. The van der Waals surface area contributed by atoms with Crippen LogP contribution in [0.1, 0.15) is 4.88 Å². The molecule has 0 amide bonds. The number of anilines is 3. The van der Waals surface area contributed by atoms with Gasteiger partial charge in [-0.3, -0.25) is 5.10 Å². The van der Waals surface area contributed by atoms with E-state index in [1.807, 2.05) is 24.3 Å². The number of aromatic nitrogens is 4. The number of nitrogens with zero attached hydrogens (tertiary/aromatic N) is 3. The standard InChI is InChI=1S/C16H14N6OS/c17-16-18-4-3-14(21-16)20-10-5-9-7-19-22-15(9)12(6-10)13-2-1-11(8-23)24-13/h1-7,23H,8H2,(H,19,22)(H3,17,18,20,21). The third kappa shape index (κ3) is 2.68. The number of nitrogens with two attached hydrogens (primary N) is 1. The van der Waals surface area contributed by atoms with E-state index in [1.165, 1.54) is 0 Å². The van der Waals surface area contributed by atoms with E-state index in [0.29, 0.717) is 5.82 Å². The van der Waals surface area contributed by atoms with Gasteiger partial charge in [0, 0.05) is 32.6 Å². The van der Waals surface area contributed by atoms with Crippen molar-refractivity contribution < 1.29 is 5.11 Å². The van der Waals surface area contributed by atoms with Crippen LogP contribution in [0.5, 0.6) is 0 Å². The molecule has 7 nitrogen and oxygen atoms in total. The van der Waals surface area contributed by atoms with Gasteiger partial charge in [-0.2, -0.15) is 10.1 Å². The van der Waals surface area contributed by atoms with Crippen LogP contribution in [-0.4, -0.2) is 25.3 Å². The van der Waals surface area contributed by atoms with Crippen LogP contribution >= 0.6 is 11.3 Å². The van der Waals surface area contributed by atoms with Crippen molar-refractivity contribution in [2.75, 3.05) is 11.1 Å². The van der Waals surface area contributed by atoms with E-state index in [9.17, 15) is 5.11 Å². The fourth-order valence-electron chi connectivity index (χ4n) is 2.52. The molecule has 4 aromatic rings. The van der Waals surface area contributed by atoms with Crippen LogP contribution < -0.4 is 11.1 Å². The number of hydrogen-bond acceptors (Lipinski definition) is 7. The molecule has 24 heavy (non-hydrogen) atoms. The topological polar surface area (TPSA) is 113 Å². The molecule has 3 aromatic heterocycles. The minimum absolute atomic E-state index is 0.0366. The Morgan fingerprint density at radius 3 is 2.96 bits per heavy atom. The maximum Gasteiger partial charge on any atom is 0.221 e. The van der Waals surface area contributed by atoms with Crippen molar-refractivity contribution in [2.45, 2.75) is 6.61 Å². The second kappa shape index (κ2) is 5.91. The molecule has 8 heteroatoms. The fourth-order valence-corrected chi connectivity index (χ4v) is 3.41. The van der Waals surface area contributed by atoms with Crippen LogP contribution in [0, 0.1) is 0 Å². The van der Waals surface area contributed by atoms with Gasteiger partial charge in [-0.1, -0.05) is 0 Å². The van der Waals surface area contributed by atoms with Gasteiger partial charge in [0.05, 0.1) is 18.3 Å². The van der Waals surface area contributed by atoms with E-state index in [1.54, 1.807) is 29.8 Å². The molecule has 4 rings (SSSR count).